The maximum atomic E-state index is 14.7. The Bertz CT molecular complexity index is 1200. The van der Waals surface area contributed by atoms with Crippen LogP contribution in [-0.4, -0.2) is 98.4 Å². The number of benzene rings is 1. The highest BCUT2D eigenvalue weighted by Crippen LogP contribution is 2.65. The van der Waals surface area contributed by atoms with Crippen LogP contribution in [0.2, 0.25) is 0 Å². The number of carbonyl (C=O) groups excluding carboxylic acids is 1. The normalized spacial score (nSPS) is 45.7. The molecule has 1 aromatic rings. The maximum absolute atomic E-state index is 14.7. The number of amides is 1. The second kappa shape index (κ2) is 12.1. The van der Waals surface area contributed by atoms with Gasteiger partial charge in [0.15, 0.2) is 6.29 Å². The first-order valence-corrected chi connectivity index (χ1v) is 16.3. The molecule has 2 heterocycles. The highest BCUT2D eigenvalue weighted by molar-refractivity contribution is 5.95. The second-order valence-electron chi connectivity index (χ2n) is 14.5. The molecule has 3 saturated carbocycles. The Hall–Kier alpha value is -1.73. The molecule has 3 aliphatic carbocycles. The third kappa shape index (κ3) is 5.11. The Balaban J connectivity index is 1.21. The topological polar surface area (TPSA) is 140 Å². The van der Waals surface area contributed by atoms with Crippen LogP contribution in [0.15, 0.2) is 18.2 Å². The number of rotatable bonds is 5. The molecule has 9 nitrogen and oxygen atoms in total. The van der Waals surface area contributed by atoms with Gasteiger partial charge in [0.2, 0.25) is 0 Å². The lowest BCUT2D eigenvalue weighted by molar-refractivity contribution is -0.317. The Morgan fingerprint density at radius 3 is 2.36 bits per heavy atom. The SMILES string of the molecule is C[C@]12CC[C@H](O[C@@H]3O[C@H](CO)[C@@H](O)[C@H](O)[C@H]3O)CC1[C@H](CO)C[C@@H]1[C@@H]2CC[C@@]2(C)[C@H]1CCCN2C(=O)c1c(F)cccc1F. The van der Waals surface area contributed by atoms with E-state index in [0.29, 0.717) is 25.3 Å². The number of likely N-dealkylation sites (tertiary alicyclic amines) is 1. The molecule has 0 spiro atoms. The van der Waals surface area contributed by atoms with Crippen LogP contribution in [0.4, 0.5) is 8.78 Å². The van der Waals surface area contributed by atoms with E-state index in [-0.39, 0.29) is 41.8 Å². The van der Waals surface area contributed by atoms with Gasteiger partial charge in [-0.05, 0) is 105 Å². The van der Waals surface area contributed by atoms with E-state index in [4.69, 9.17) is 9.47 Å². The molecule has 1 amide bonds. The van der Waals surface area contributed by atoms with Crippen molar-refractivity contribution in [2.75, 3.05) is 19.8 Å². The molecule has 5 fully saturated rings. The molecular formula is C33H47F2NO8. The number of hydrogen-bond acceptors (Lipinski definition) is 8. The van der Waals surface area contributed by atoms with E-state index in [9.17, 15) is 39.1 Å². The lowest BCUT2D eigenvalue weighted by Crippen LogP contribution is -2.66. The predicted octanol–water partition coefficient (Wildman–Crippen LogP) is 2.61. The molecule has 0 aromatic heterocycles. The van der Waals surface area contributed by atoms with E-state index < -0.39 is 66.0 Å². The minimum absolute atomic E-state index is 0.00274. The molecule has 11 heteroatoms. The standard InChI is InChI=1S/C33H47F2NO8/c1-32-10-8-18(43-31-29(41)28(40)27(39)25(16-38)44-31)14-22(32)17(15-37)13-19-20(32)9-11-33(2)21(19)5-4-12-36(33)30(42)26-23(34)6-3-7-24(26)35/h3,6-7,17-22,25,27-29,31,37-41H,4-5,8-16H2,1-2H3/t17-,18-,19+,20-,21-,22?,25+,27+,28-,29+,31+,32+,33-/m0/s1. The Kier molecular flexibility index (Phi) is 8.88. The van der Waals surface area contributed by atoms with Crippen molar-refractivity contribution in [3.63, 3.8) is 0 Å². The van der Waals surface area contributed by atoms with Crippen LogP contribution in [-0.2, 0) is 9.47 Å². The summed E-state index contributed by atoms with van der Waals surface area (Å²) in [6.45, 7) is 4.33. The zero-order valence-electron chi connectivity index (χ0n) is 25.5. The summed E-state index contributed by atoms with van der Waals surface area (Å²) in [5.41, 5.74) is -1.13. The largest absolute Gasteiger partial charge is 0.396 e. The number of aliphatic hydroxyl groups excluding tert-OH is 5. The summed E-state index contributed by atoms with van der Waals surface area (Å²) in [4.78, 5) is 15.4. The van der Waals surface area contributed by atoms with Gasteiger partial charge >= 0.3 is 0 Å². The molecule has 0 bridgehead atoms. The van der Waals surface area contributed by atoms with Gasteiger partial charge in [-0.3, -0.25) is 4.79 Å². The minimum Gasteiger partial charge on any atom is -0.396 e. The van der Waals surface area contributed by atoms with Gasteiger partial charge in [-0.25, -0.2) is 8.78 Å². The van der Waals surface area contributed by atoms with Crippen molar-refractivity contribution in [2.24, 2.45) is 35.0 Å². The molecule has 0 radical (unpaired) electrons. The molecule has 5 N–H and O–H groups in total. The van der Waals surface area contributed by atoms with Crippen LogP contribution in [0.1, 0.15) is 75.6 Å². The number of ether oxygens (including phenoxy) is 2. The number of carbonyl (C=O) groups is 1. The summed E-state index contributed by atoms with van der Waals surface area (Å²) >= 11 is 0. The smallest absolute Gasteiger partial charge is 0.260 e. The van der Waals surface area contributed by atoms with Crippen LogP contribution >= 0.6 is 0 Å². The van der Waals surface area contributed by atoms with Crippen molar-refractivity contribution in [3.8, 4) is 0 Å². The molecule has 246 valence electrons. The van der Waals surface area contributed by atoms with E-state index in [0.717, 1.165) is 50.7 Å². The summed E-state index contributed by atoms with van der Waals surface area (Å²) in [5.74, 6) is -1.41. The zero-order valence-corrected chi connectivity index (χ0v) is 25.5. The molecule has 2 saturated heterocycles. The summed E-state index contributed by atoms with van der Waals surface area (Å²) < 4.78 is 41.2. The molecule has 1 unspecified atom stereocenters. The number of halogens is 2. The van der Waals surface area contributed by atoms with Gasteiger partial charge in [0.1, 0.15) is 41.6 Å². The van der Waals surface area contributed by atoms with Gasteiger partial charge in [-0.2, -0.15) is 0 Å². The minimum atomic E-state index is -1.51. The van der Waals surface area contributed by atoms with Gasteiger partial charge in [-0.1, -0.05) is 13.0 Å². The number of piperidine rings is 1. The molecule has 44 heavy (non-hydrogen) atoms. The first kappa shape index (κ1) is 32.2. The second-order valence-corrected chi connectivity index (χ2v) is 14.5. The summed E-state index contributed by atoms with van der Waals surface area (Å²) in [6, 6.07) is 3.52. The Labute approximate surface area is 257 Å². The first-order valence-electron chi connectivity index (χ1n) is 16.3. The van der Waals surface area contributed by atoms with Crippen molar-refractivity contribution in [2.45, 2.75) is 108 Å². The number of hydrogen-bond donors (Lipinski definition) is 5. The van der Waals surface area contributed by atoms with E-state index in [1.165, 1.54) is 6.07 Å². The molecule has 5 aliphatic rings. The maximum Gasteiger partial charge on any atom is 0.260 e. The van der Waals surface area contributed by atoms with Crippen molar-refractivity contribution < 1.29 is 48.6 Å². The fourth-order valence-electron chi connectivity index (χ4n) is 10.2. The first-order chi connectivity index (χ1) is 20.9. The van der Waals surface area contributed by atoms with Crippen LogP contribution in [0.3, 0.4) is 0 Å². The summed E-state index contributed by atoms with van der Waals surface area (Å²) in [5, 5.41) is 51.2. The lowest BCUT2D eigenvalue weighted by atomic mass is 9.43. The van der Waals surface area contributed by atoms with Gasteiger partial charge in [-0.15, -0.1) is 0 Å². The van der Waals surface area contributed by atoms with E-state index in [1.807, 2.05) is 0 Å². The number of aliphatic hydroxyl groups is 5. The quantitative estimate of drug-likeness (QED) is 0.316. The molecule has 13 atom stereocenters. The van der Waals surface area contributed by atoms with Crippen LogP contribution in [0.25, 0.3) is 0 Å². The third-order valence-corrected chi connectivity index (χ3v) is 12.5. The van der Waals surface area contributed by atoms with Crippen molar-refractivity contribution >= 4 is 5.91 Å². The van der Waals surface area contributed by atoms with E-state index in [2.05, 4.69) is 13.8 Å². The Morgan fingerprint density at radius 1 is 0.955 bits per heavy atom. The fourth-order valence-corrected chi connectivity index (χ4v) is 10.2. The summed E-state index contributed by atoms with van der Waals surface area (Å²) in [6.07, 6.45) is -0.749. The monoisotopic (exact) mass is 623 g/mol. The van der Waals surface area contributed by atoms with Gasteiger partial charge in [0, 0.05) is 18.7 Å². The highest BCUT2D eigenvalue weighted by Gasteiger charge is 2.62. The van der Waals surface area contributed by atoms with Crippen molar-refractivity contribution in [1.82, 2.24) is 4.90 Å². The van der Waals surface area contributed by atoms with Crippen molar-refractivity contribution in [3.05, 3.63) is 35.4 Å². The lowest BCUT2D eigenvalue weighted by Gasteiger charge is -2.66. The van der Waals surface area contributed by atoms with E-state index >= 15 is 0 Å². The number of nitrogens with zero attached hydrogens (tertiary/aromatic N) is 1. The molecular weight excluding hydrogens is 576 g/mol. The van der Waals surface area contributed by atoms with Gasteiger partial charge < -0.3 is 39.9 Å². The fraction of sp³-hybridized carbons (Fsp3) is 0.788. The average molecular weight is 624 g/mol. The van der Waals surface area contributed by atoms with Gasteiger partial charge in [0.05, 0.1) is 12.7 Å². The van der Waals surface area contributed by atoms with E-state index in [1.54, 1.807) is 4.90 Å². The van der Waals surface area contributed by atoms with Crippen molar-refractivity contribution in [1.29, 1.82) is 0 Å². The molecule has 6 rings (SSSR count). The summed E-state index contributed by atoms with van der Waals surface area (Å²) in [7, 11) is 0. The predicted molar refractivity (Wildman–Crippen MR) is 154 cm³/mol. The highest BCUT2D eigenvalue weighted by atomic mass is 19.1. The van der Waals surface area contributed by atoms with Crippen LogP contribution in [0.5, 0.6) is 0 Å². The van der Waals surface area contributed by atoms with Crippen LogP contribution < -0.4 is 0 Å². The van der Waals surface area contributed by atoms with Gasteiger partial charge in [0.25, 0.3) is 5.91 Å². The van der Waals surface area contributed by atoms with Crippen LogP contribution in [0, 0.1) is 46.6 Å². The molecule has 2 aliphatic heterocycles. The third-order valence-electron chi connectivity index (χ3n) is 12.5. The number of fused-ring (bicyclic) bond motifs is 5. The molecule has 1 aromatic carbocycles. The Morgan fingerprint density at radius 2 is 1.68 bits per heavy atom. The zero-order chi connectivity index (χ0) is 31.6. The average Bonchev–Trinajstić information content (AvgIpc) is 3.00.